The van der Waals surface area contributed by atoms with Gasteiger partial charge < -0.3 is 5.73 Å². The van der Waals surface area contributed by atoms with Crippen LogP contribution in [0.5, 0.6) is 0 Å². The Kier molecular flexibility index (Phi) is 7.79. The second-order valence-corrected chi connectivity index (χ2v) is 3.76. The Morgan fingerprint density at radius 1 is 1.36 bits per heavy atom. The van der Waals surface area contributed by atoms with Gasteiger partial charge in [-0.3, -0.25) is 4.79 Å². The Hall–Kier alpha value is -0.180. The Morgan fingerprint density at radius 3 is 2.64 bits per heavy atom. The number of primary amides is 1. The van der Waals surface area contributed by atoms with Crippen LogP contribution in [0.4, 0.5) is 0 Å². The van der Waals surface area contributed by atoms with Crippen molar-refractivity contribution in [1.82, 2.24) is 0 Å². The third-order valence-corrected chi connectivity index (χ3v) is 2.58. The van der Waals surface area contributed by atoms with Gasteiger partial charge in [0.2, 0.25) is 5.91 Å². The van der Waals surface area contributed by atoms with Gasteiger partial charge in [0.05, 0.1) is 0 Å². The van der Waals surface area contributed by atoms with E-state index in [1.54, 1.807) is 0 Å². The number of carbonyl (C=O) groups is 1. The maximum atomic E-state index is 10.3. The van der Waals surface area contributed by atoms with Crippen LogP contribution in [-0.2, 0) is 4.79 Å². The lowest BCUT2D eigenvalue weighted by molar-refractivity contribution is -0.118. The minimum absolute atomic E-state index is 0.175. The zero-order chi connectivity index (χ0) is 8.53. The highest BCUT2D eigenvalue weighted by molar-refractivity contribution is 7.99. The first-order valence-corrected chi connectivity index (χ1v) is 5.29. The molecule has 0 rings (SSSR count). The van der Waals surface area contributed by atoms with Crippen molar-refractivity contribution >= 4 is 17.7 Å². The fourth-order valence-corrected chi connectivity index (χ4v) is 1.65. The SMILES string of the molecule is CCCSCCCCC(N)=O. The van der Waals surface area contributed by atoms with Crippen molar-refractivity contribution in [2.45, 2.75) is 32.6 Å². The first kappa shape index (κ1) is 10.8. The molecule has 0 aromatic carbocycles. The van der Waals surface area contributed by atoms with Crippen molar-refractivity contribution < 1.29 is 4.79 Å². The minimum atomic E-state index is -0.175. The molecule has 1 amide bonds. The van der Waals surface area contributed by atoms with E-state index in [4.69, 9.17) is 5.73 Å². The number of hydrogen-bond donors (Lipinski definition) is 1. The van der Waals surface area contributed by atoms with Crippen LogP contribution in [0.3, 0.4) is 0 Å². The van der Waals surface area contributed by atoms with Crippen molar-refractivity contribution in [2.24, 2.45) is 5.73 Å². The van der Waals surface area contributed by atoms with Crippen LogP contribution in [0.25, 0.3) is 0 Å². The van der Waals surface area contributed by atoms with Crippen LogP contribution in [0.1, 0.15) is 32.6 Å². The number of thioether (sulfide) groups is 1. The predicted molar refractivity (Wildman–Crippen MR) is 50.7 cm³/mol. The summed E-state index contributed by atoms with van der Waals surface area (Å²) in [6.45, 7) is 2.18. The highest BCUT2D eigenvalue weighted by atomic mass is 32.2. The quantitative estimate of drug-likeness (QED) is 0.599. The van der Waals surface area contributed by atoms with E-state index in [2.05, 4.69) is 6.92 Å². The fourth-order valence-electron chi connectivity index (χ4n) is 0.750. The molecule has 0 aliphatic rings. The molecule has 0 heterocycles. The molecule has 0 aliphatic carbocycles. The molecule has 0 atom stereocenters. The Labute approximate surface area is 72.9 Å². The smallest absolute Gasteiger partial charge is 0.217 e. The van der Waals surface area contributed by atoms with Crippen LogP contribution in [0.2, 0.25) is 0 Å². The second-order valence-electron chi connectivity index (χ2n) is 2.54. The number of unbranched alkanes of at least 4 members (excludes halogenated alkanes) is 1. The van der Waals surface area contributed by atoms with E-state index >= 15 is 0 Å². The molecule has 2 N–H and O–H groups in total. The molecular formula is C8H17NOS. The summed E-state index contributed by atoms with van der Waals surface area (Å²) in [4.78, 5) is 10.3. The van der Waals surface area contributed by atoms with Gasteiger partial charge in [0, 0.05) is 6.42 Å². The highest BCUT2D eigenvalue weighted by Crippen LogP contribution is 2.06. The molecule has 0 aliphatic heterocycles. The number of nitrogens with two attached hydrogens (primary N) is 1. The standard InChI is InChI=1S/C8H17NOS/c1-2-6-11-7-4-3-5-8(9)10/h2-7H2,1H3,(H2,9,10). The van der Waals surface area contributed by atoms with E-state index in [1.807, 2.05) is 11.8 Å². The molecule has 0 spiro atoms. The number of amides is 1. The van der Waals surface area contributed by atoms with Crippen LogP contribution in [-0.4, -0.2) is 17.4 Å². The van der Waals surface area contributed by atoms with Crippen molar-refractivity contribution in [1.29, 1.82) is 0 Å². The predicted octanol–water partition coefficient (Wildman–Crippen LogP) is 1.79. The molecule has 0 saturated heterocycles. The van der Waals surface area contributed by atoms with Crippen molar-refractivity contribution in [3.05, 3.63) is 0 Å². The van der Waals surface area contributed by atoms with E-state index in [0.717, 1.165) is 12.8 Å². The zero-order valence-electron chi connectivity index (χ0n) is 7.14. The zero-order valence-corrected chi connectivity index (χ0v) is 7.95. The lowest BCUT2D eigenvalue weighted by Crippen LogP contribution is -2.09. The summed E-state index contributed by atoms with van der Waals surface area (Å²) in [5, 5.41) is 0. The third-order valence-electron chi connectivity index (χ3n) is 1.31. The van der Waals surface area contributed by atoms with Crippen LogP contribution in [0.15, 0.2) is 0 Å². The maximum Gasteiger partial charge on any atom is 0.217 e. The van der Waals surface area contributed by atoms with E-state index in [0.29, 0.717) is 6.42 Å². The Morgan fingerprint density at radius 2 is 2.09 bits per heavy atom. The third kappa shape index (κ3) is 9.82. The summed E-state index contributed by atoms with van der Waals surface area (Å²) < 4.78 is 0. The van der Waals surface area contributed by atoms with Crippen LogP contribution in [0, 0.1) is 0 Å². The largest absolute Gasteiger partial charge is 0.370 e. The molecule has 3 heteroatoms. The van der Waals surface area contributed by atoms with Gasteiger partial charge in [-0.25, -0.2) is 0 Å². The lowest BCUT2D eigenvalue weighted by Gasteiger charge is -1.97. The average molecular weight is 175 g/mol. The van der Waals surface area contributed by atoms with Gasteiger partial charge >= 0.3 is 0 Å². The second kappa shape index (κ2) is 7.92. The normalized spacial score (nSPS) is 9.91. The minimum Gasteiger partial charge on any atom is -0.370 e. The van der Waals surface area contributed by atoms with Crippen molar-refractivity contribution in [3.8, 4) is 0 Å². The molecule has 0 aromatic rings. The Balaban J connectivity index is 2.85. The van der Waals surface area contributed by atoms with Gasteiger partial charge in [-0.15, -0.1) is 0 Å². The van der Waals surface area contributed by atoms with E-state index in [-0.39, 0.29) is 5.91 Å². The van der Waals surface area contributed by atoms with E-state index < -0.39 is 0 Å². The summed E-state index contributed by atoms with van der Waals surface area (Å²) in [5.74, 6) is 2.23. The summed E-state index contributed by atoms with van der Waals surface area (Å²) in [5.41, 5.74) is 4.99. The van der Waals surface area contributed by atoms with Crippen LogP contribution >= 0.6 is 11.8 Å². The molecule has 0 bridgehead atoms. The molecule has 0 fully saturated rings. The topological polar surface area (TPSA) is 43.1 Å². The molecule has 11 heavy (non-hydrogen) atoms. The van der Waals surface area contributed by atoms with Crippen molar-refractivity contribution in [2.75, 3.05) is 11.5 Å². The number of hydrogen-bond acceptors (Lipinski definition) is 2. The summed E-state index contributed by atoms with van der Waals surface area (Å²) in [7, 11) is 0. The maximum absolute atomic E-state index is 10.3. The van der Waals surface area contributed by atoms with Crippen LogP contribution < -0.4 is 5.73 Å². The van der Waals surface area contributed by atoms with Gasteiger partial charge in [0.15, 0.2) is 0 Å². The molecule has 0 radical (unpaired) electrons. The van der Waals surface area contributed by atoms with Gasteiger partial charge in [-0.1, -0.05) is 6.92 Å². The molecule has 2 nitrogen and oxygen atoms in total. The molecule has 66 valence electrons. The lowest BCUT2D eigenvalue weighted by atomic mass is 10.2. The van der Waals surface area contributed by atoms with Gasteiger partial charge in [-0.2, -0.15) is 11.8 Å². The molecule has 0 saturated carbocycles. The van der Waals surface area contributed by atoms with E-state index in [9.17, 15) is 4.79 Å². The summed E-state index contributed by atoms with van der Waals surface area (Å²) in [6.07, 6.45) is 3.85. The number of carbonyl (C=O) groups excluding carboxylic acids is 1. The monoisotopic (exact) mass is 175 g/mol. The first-order valence-electron chi connectivity index (χ1n) is 4.13. The number of rotatable bonds is 7. The van der Waals surface area contributed by atoms with Gasteiger partial charge in [0.1, 0.15) is 0 Å². The molecule has 0 aromatic heterocycles. The summed E-state index contributed by atoms with van der Waals surface area (Å²) in [6, 6.07) is 0. The first-order chi connectivity index (χ1) is 5.27. The fraction of sp³-hybridized carbons (Fsp3) is 0.875. The molecular weight excluding hydrogens is 158 g/mol. The van der Waals surface area contributed by atoms with Gasteiger partial charge in [0.25, 0.3) is 0 Å². The van der Waals surface area contributed by atoms with Gasteiger partial charge in [-0.05, 0) is 30.8 Å². The highest BCUT2D eigenvalue weighted by Gasteiger charge is 1.93. The summed E-state index contributed by atoms with van der Waals surface area (Å²) >= 11 is 1.95. The van der Waals surface area contributed by atoms with E-state index in [1.165, 1.54) is 17.9 Å². The molecule has 0 unspecified atom stereocenters. The average Bonchev–Trinajstić information content (AvgIpc) is 1.96. The van der Waals surface area contributed by atoms with Crippen molar-refractivity contribution in [3.63, 3.8) is 0 Å². The Bertz CT molecular complexity index is 106.